The highest BCUT2D eigenvalue weighted by molar-refractivity contribution is 14.0. The van der Waals surface area contributed by atoms with Gasteiger partial charge < -0.3 is 4.90 Å². The molecule has 19 heavy (non-hydrogen) atoms. The van der Waals surface area contributed by atoms with Gasteiger partial charge in [0, 0.05) is 19.0 Å². The molecule has 0 aromatic rings. The molecule has 1 amide bonds. The summed E-state index contributed by atoms with van der Waals surface area (Å²) in [6.07, 6.45) is 5.41. The molecule has 0 spiro atoms. The van der Waals surface area contributed by atoms with Crippen molar-refractivity contribution in [1.82, 2.24) is 4.90 Å². The van der Waals surface area contributed by atoms with Crippen LogP contribution in [-0.2, 0) is 4.79 Å². The molecule has 1 heterocycles. The molecule has 1 fully saturated rings. The van der Waals surface area contributed by atoms with Gasteiger partial charge in [-0.3, -0.25) is 4.79 Å². The summed E-state index contributed by atoms with van der Waals surface area (Å²) in [5.41, 5.74) is 0.191. The SMILES string of the molecule is CC.CCCC(CCC)N1CC(C)(C)CC1=O.I.I. The molecule has 4 heteroatoms. The molecule has 0 atom stereocenters. The Hall–Kier alpha value is 0.930. The standard InChI is InChI=1S/C13H25NO.C2H6.2HI/c1-5-7-11(8-6-2)14-10-13(3,4)9-12(14)15;1-2;;/h11H,5-10H2,1-4H3;1-2H3;2*1H. The first-order valence-corrected chi connectivity index (χ1v) is 7.29. The van der Waals surface area contributed by atoms with E-state index >= 15 is 0 Å². The molecule has 1 aliphatic heterocycles. The van der Waals surface area contributed by atoms with Gasteiger partial charge in [0.05, 0.1) is 0 Å². The van der Waals surface area contributed by atoms with E-state index in [0.29, 0.717) is 11.9 Å². The molecule has 0 unspecified atom stereocenters. The second kappa shape index (κ2) is 12.7. The van der Waals surface area contributed by atoms with Crippen LogP contribution in [0.1, 0.15) is 73.6 Å². The first-order chi connectivity index (χ1) is 8.00. The first-order valence-electron chi connectivity index (χ1n) is 7.29. The first kappa shape index (κ1) is 24.9. The monoisotopic (exact) mass is 497 g/mol. The highest BCUT2D eigenvalue weighted by atomic mass is 127. The van der Waals surface area contributed by atoms with Crippen molar-refractivity contribution in [3.8, 4) is 0 Å². The van der Waals surface area contributed by atoms with Crippen LogP contribution in [0, 0.1) is 5.41 Å². The van der Waals surface area contributed by atoms with E-state index in [0.717, 1.165) is 25.8 Å². The van der Waals surface area contributed by atoms with E-state index in [4.69, 9.17) is 0 Å². The largest absolute Gasteiger partial charge is 0.339 e. The van der Waals surface area contributed by atoms with E-state index in [-0.39, 0.29) is 53.4 Å². The Balaban J connectivity index is -0.000000609. The number of nitrogens with zero attached hydrogens (tertiary/aromatic N) is 1. The van der Waals surface area contributed by atoms with Crippen LogP contribution >= 0.6 is 48.0 Å². The van der Waals surface area contributed by atoms with E-state index in [9.17, 15) is 4.79 Å². The maximum atomic E-state index is 11.9. The minimum absolute atomic E-state index is 0. The van der Waals surface area contributed by atoms with Crippen LogP contribution in [0.4, 0.5) is 0 Å². The molecule has 2 nitrogen and oxygen atoms in total. The Morgan fingerprint density at radius 1 is 1.11 bits per heavy atom. The summed E-state index contributed by atoms with van der Waals surface area (Å²) >= 11 is 0. The lowest BCUT2D eigenvalue weighted by Gasteiger charge is -2.29. The fraction of sp³-hybridized carbons (Fsp3) is 0.933. The van der Waals surface area contributed by atoms with E-state index in [1.807, 2.05) is 13.8 Å². The second-order valence-corrected chi connectivity index (χ2v) is 5.59. The second-order valence-electron chi connectivity index (χ2n) is 5.59. The zero-order valence-corrected chi connectivity index (χ0v) is 18.2. The molecular formula is C15H33I2NO. The molecule has 0 N–H and O–H groups in total. The molecule has 0 saturated carbocycles. The van der Waals surface area contributed by atoms with Gasteiger partial charge in [-0.05, 0) is 18.3 Å². The minimum atomic E-state index is 0. The zero-order valence-electron chi connectivity index (χ0n) is 13.5. The van der Waals surface area contributed by atoms with Gasteiger partial charge in [-0.1, -0.05) is 54.4 Å². The lowest BCUT2D eigenvalue weighted by Crippen LogP contribution is -2.37. The number of rotatable bonds is 5. The number of carbonyl (C=O) groups is 1. The quantitative estimate of drug-likeness (QED) is 0.462. The van der Waals surface area contributed by atoms with Crippen molar-refractivity contribution in [1.29, 1.82) is 0 Å². The lowest BCUT2D eigenvalue weighted by atomic mass is 9.93. The average molecular weight is 497 g/mol. The zero-order chi connectivity index (χ0) is 13.5. The molecule has 0 aromatic carbocycles. The Bertz CT molecular complexity index is 226. The number of halogens is 2. The van der Waals surface area contributed by atoms with E-state index < -0.39 is 0 Å². The number of carbonyl (C=O) groups excluding carboxylic acids is 1. The molecule has 0 radical (unpaired) electrons. The van der Waals surface area contributed by atoms with Crippen LogP contribution in [-0.4, -0.2) is 23.4 Å². The highest BCUT2D eigenvalue weighted by Gasteiger charge is 2.38. The predicted octanol–water partition coefficient (Wildman–Crippen LogP) is 5.48. The summed E-state index contributed by atoms with van der Waals surface area (Å²) in [5, 5.41) is 0. The van der Waals surface area contributed by atoms with Gasteiger partial charge in [-0.15, -0.1) is 48.0 Å². The maximum absolute atomic E-state index is 11.9. The molecule has 1 rings (SSSR count). The normalized spacial score (nSPS) is 16.4. The van der Waals surface area contributed by atoms with Crippen molar-refractivity contribution in [3.05, 3.63) is 0 Å². The summed E-state index contributed by atoms with van der Waals surface area (Å²) in [6.45, 7) is 13.7. The van der Waals surface area contributed by atoms with Crippen molar-refractivity contribution < 1.29 is 4.79 Å². The Labute approximate surface area is 154 Å². The van der Waals surface area contributed by atoms with Crippen LogP contribution in [0.25, 0.3) is 0 Å². The predicted molar refractivity (Wildman–Crippen MR) is 106 cm³/mol. The Morgan fingerprint density at radius 3 is 1.79 bits per heavy atom. The van der Waals surface area contributed by atoms with Crippen molar-refractivity contribution in [2.45, 2.75) is 79.7 Å². The summed E-state index contributed by atoms with van der Waals surface area (Å²) in [5.74, 6) is 0.368. The van der Waals surface area contributed by atoms with Crippen LogP contribution in [0.5, 0.6) is 0 Å². The summed E-state index contributed by atoms with van der Waals surface area (Å²) in [4.78, 5) is 14.0. The Kier molecular flexibility index (Phi) is 16.6. The molecule has 118 valence electrons. The number of likely N-dealkylation sites (tertiary alicyclic amines) is 1. The third-order valence-electron chi connectivity index (χ3n) is 3.23. The van der Waals surface area contributed by atoms with Gasteiger partial charge in [0.1, 0.15) is 0 Å². The summed E-state index contributed by atoms with van der Waals surface area (Å²) in [7, 11) is 0. The van der Waals surface area contributed by atoms with E-state index in [1.54, 1.807) is 0 Å². The van der Waals surface area contributed by atoms with Crippen LogP contribution < -0.4 is 0 Å². The van der Waals surface area contributed by atoms with Crippen molar-refractivity contribution in [2.75, 3.05) is 6.54 Å². The van der Waals surface area contributed by atoms with Crippen LogP contribution in [0.15, 0.2) is 0 Å². The third-order valence-corrected chi connectivity index (χ3v) is 3.23. The smallest absolute Gasteiger partial charge is 0.223 e. The minimum Gasteiger partial charge on any atom is -0.339 e. The maximum Gasteiger partial charge on any atom is 0.223 e. The van der Waals surface area contributed by atoms with Crippen molar-refractivity contribution >= 4 is 53.9 Å². The molecule has 1 saturated heterocycles. The van der Waals surface area contributed by atoms with Gasteiger partial charge in [0.25, 0.3) is 0 Å². The van der Waals surface area contributed by atoms with Gasteiger partial charge in [-0.25, -0.2) is 0 Å². The van der Waals surface area contributed by atoms with Gasteiger partial charge in [0.2, 0.25) is 5.91 Å². The van der Waals surface area contributed by atoms with Gasteiger partial charge in [0.15, 0.2) is 0 Å². The van der Waals surface area contributed by atoms with Crippen molar-refractivity contribution in [2.24, 2.45) is 5.41 Å². The molecule has 0 aliphatic carbocycles. The highest BCUT2D eigenvalue weighted by Crippen LogP contribution is 2.33. The van der Waals surface area contributed by atoms with E-state index in [1.165, 1.54) is 12.8 Å². The fourth-order valence-corrected chi connectivity index (χ4v) is 2.57. The lowest BCUT2D eigenvalue weighted by molar-refractivity contribution is -0.130. The molecular weight excluding hydrogens is 464 g/mol. The number of hydrogen-bond acceptors (Lipinski definition) is 1. The van der Waals surface area contributed by atoms with Gasteiger partial charge in [-0.2, -0.15) is 0 Å². The third kappa shape index (κ3) is 8.73. The topological polar surface area (TPSA) is 20.3 Å². The fourth-order valence-electron chi connectivity index (χ4n) is 2.57. The van der Waals surface area contributed by atoms with Crippen molar-refractivity contribution in [3.63, 3.8) is 0 Å². The van der Waals surface area contributed by atoms with E-state index in [2.05, 4.69) is 32.6 Å². The van der Waals surface area contributed by atoms with Crippen LogP contribution in [0.3, 0.4) is 0 Å². The van der Waals surface area contributed by atoms with Crippen LogP contribution in [0.2, 0.25) is 0 Å². The molecule has 1 aliphatic rings. The summed E-state index contributed by atoms with van der Waals surface area (Å²) < 4.78 is 0. The molecule has 0 aromatic heterocycles. The average Bonchev–Trinajstić information content (AvgIpc) is 2.55. The molecule has 0 bridgehead atoms. The summed E-state index contributed by atoms with van der Waals surface area (Å²) in [6, 6.07) is 0.495. The number of amides is 1. The van der Waals surface area contributed by atoms with Gasteiger partial charge >= 0.3 is 0 Å². The Morgan fingerprint density at radius 2 is 1.53 bits per heavy atom. The number of hydrogen-bond donors (Lipinski definition) is 0.